The summed E-state index contributed by atoms with van der Waals surface area (Å²) in [6.45, 7) is 0.845. The Labute approximate surface area is 115 Å². The van der Waals surface area contributed by atoms with Crippen LogP contribution in [0.1, 0.15) is 28.4 Å². The van der Waals surface area contributed by atoms with Crippen molar-refractivity contribution in [2.75, 3.05) is 0 Å². The Balaban J connectivity index is 1.61. The molecule has 5 heteroatoms. The Morgan fingerprint density at radius 1 is 1.28 bits per heavy atom. The molecule has 0 bridgehead atoms. The van der Waals surface area contributed by atoms with E-state index in [2.05, 4.69) is 21.6 Å². The van der Waals surface area contributed by atoms with Gasteiger partial charge in [-0.15, -0.1) is 10.2 Å². The maximum atomic E-state index is 5.97. The van der Waals surface area contributed by atoms with Gasteiger partial charge in [-0.05, 0) is 30.5 Å². The van der Waals surface area contributed by atoms with Crippen molar-refractivity contribution in [2.24, 2.45) is 0 Å². The van der Waals surface area contributed by atoms with Crippen LogP contribution in [-0.4, -0.2) is 16.2 Å². The van der Waals surface area contributed by atoms with Gasteiger partial charge in [0.2, 0.25) is 0 Å². The van der Waals surface area contributed by atoms with E-state index in [0.29, 0.717) is 6.04 Å². The summed E-state index contributed by atoms with van der Waals surface area (Å²) in [6, 6.07) is 8.61. The van der Waals surface area contributed by atoms with E-state index in [1.165, 1.54) is 18.4 Å². The molecule has 3 rings (SSSR count). The summed E-state index contributed by atoms with van der Waals surface area (Å²) in [5, 5.41) is 14.8. The summed E-state index contributed by atoms with van der Waals surface area (Å²) >= 11 is 7.64. The van der Waals surface area contributed by atoms with Gasteiger partial charge in [-0.2, -0.15) is 0 Å². The van der Waals surface area contributed by atoms with Crippen molar-refractivity contribution in [3.63, 3.8) is 0 Å². The van der Waals surface area contributed by atoms with Crippen LogP contribution in [0.4, 0.5) is 0 Å². The monoisotopic (exact) mass is 279 g/mol. The van der Waals surface area contributed by atoms with Crippen LogP contribution in [0.25, 0.3) is 0 Å². The van der Waals surface area contributed by atoms with Gasteiger partial charge >= 0.3 is 0 Å². The number of hydrogen-bond donors (Lipinski definition) is 1. The minimum Gasteiger partial charge on any atom is -0.308 e. The molecule has 0 atom stereocenters. The zero-order valence-electron chi connectivity index (χ0n) is 9.90. The highest BCUT2D eigenvalue weighted by Gasteiger charge is 2.20. The van der Waals surface area contributed by atoms with Crippen LogP contribution in [0, 0.1) is 0 Å². The lowest BCUT2D eigenvalue weighted by Crippen LogP contribution is -2.14. The Kier molecular flexibility index (Phi) is 3.59. The lowest BCUT2D eigenvalue weighted by molar-refractivity contribution is 0.678. The van der Waals surface area contributed by atoms with Gasteiger partial charge in [-0.1, -0.05) is 35.1 Å². The first-order valence-electron chi connectivity index (χ1n) is 6.09. The fourth-order valence-electron chi connectivity index (χ4n) is 1.77. The van der Waals surface area contributed by atoms with Crippen LogP contribution in [0.5, 0.6) is 0 Å². The number of halogens is 1. The molecular formula is C13H14ClN3S. The van der Waals surface area contributed by atoms with E-state index in [1.807, 2.05) is 18.2 Å². The van der Waals surface area contributed by atoms with Crippen molar-refractivity contribution >= 4 is 22.9 Å². The van der Waals surface area contributed by atoms with Gasteiger partial charge in [0.05, 0.1) is 0 Å². The molecule has 1 heterocycles. The molecular weight excluding hydrogens is 266 g/mol. The minimum atomic E-state index is 0.713. The molecule has 1 N–H and O–H groups in total. The quantitative estimate of drug-likeness (QED) is 0.914. The highest BCUT2D eigenvalue weighted by molar-refractivity contribution is 7.11. The standard InChI is InChI=1S/C13H14ClN3S/c14-10-3-1-2-9(6-10)7-12-16-17-13(18-12)8-15-11-4-5-11/h1-3,6,11,15H,4-5,7-8H2. The molecule has 3 nitrogen and oxygen atoms in total. The molecule has 0 saturated heterocycles. The van der Waals surface area contributed by atoms with Gasteiger partial charge in [0.15, 0.2) is 0 Å². The second kappa shape index (κ2) is 5.34. The van der Waals surface area contributed by atoms with Gasteiger partial charge in [0, 0.05) is 24.0 Å². The maximum absolute atomic E-state index is 5.97. The average molecular weight is 280 g/mol. The first-order valence-corrected chi connectivity index (χ1v) is 7.28. The molecule has 0 radical (unpaired) electrons. The molecule has 0 amide bonds. The van der Waals surface area contributed by atoms with E-state index in [1.54, 1.807) is 11.3 Å². The highest BCUT2D eigenvalue weighted by atomic mass is 35.5. The van der Waals surface area contributed by atoms with E-state index in [0.717, 1.165) is 28.0 Å². The van der Waals surface area contributed by atoms with Crippen LogP contribution in [-0.2, 0) is 13.0 Å². The molecule has 1 aromatic carbocycles. The molecule has 0 spiro atoms. The second-order valence-electron chi connectivity index (χ2n) is 4.55. The summed E-state index contributed by atoms with van der Waals surface area (Å²) in [7, 11) is 0. The normalized spacial score (nSPS) is 14.9. The molecule has 2 aromatic rings. The van der Waals surface area contributed by atoms with Crippen LogP contribution in [0.3, 0.4) is 0 Å². The third-order valence-corrected chi connectivity index (χ3v) is 4.03. The molecule has 94 valence electrons. The van der Waals surface area contributed by atoms with Crippen LogP contribution < -0.4 is 5.32 Å². The van der Waals surface area contributed by atoms with Gasteiger partial charge in [-0.3, -0.25) is 0 Å². The van der Waals surface area contributed by atoms with E-state index >= 15 is 0 Å². The molecule has 1 aliphatic rings. The molecule has 18 heavy (non-hydrogen) atoms. The average Bonchev–Trinajstić information content (AvgIpc) is 3.08. The molecule has 1 fully saturated rings. The largest absolute Gasteiger partial charge is 0.308 e. The number of rotatable bonds is 5. The van der Waals surface area contributed by atoms with Crippen LogP contribution in [0.15, 0.2) is 24.3 Å². The molecule has 0 unspecified atom stereocenters. The predicted molar refractivity (Wildman–Crippen MR) is 74.0 cm³/mol. The highest BCUT2D eigenvalue weighted by Crippen LogP contribution is 2.21. The summed E-state index contributed by atoms with van der Waals surface area (Å²) in [6.07, 6.45) is 3.41. The Morgan fingerprint density at radius 3 is 2.89 bits per heavy atom. The molecule has 1 aliphatic carbocycles. The van der Waals surface area contributed by atoms with Crippen LogP contribution >= 0.6 is 22.9 Å². The van der Waals surface area contributed by atoms with E-state index in [-0.39, 0.29) is 0 Å². The smallest absolute Gasteiger partial charge is 0.131 e. The SMILES string of the molecule is Clc1cccc(Cc2nnc(CNC3CC3)s2)c1. The maximum Gasteiger partial charge on any atom is 0.131 e. The Hall–Kier alpha value is -0.970. The topological polar surface area (TPSA) is 37.8 Å². The van der Waals surface area contributed by atoms with Crippen molar-refractivity contribution in [2.45, 2.75) is 31.8 Å². The molecule has 1 aromatic heterocycles. The summed E-state index contributed by atoms with van der Waals surface area (Å²) in [5.41, 5.74) is 1.18. The predicted octanol–water partition coefficient (Wildman–Crippen LogP) is 3.03. The van der Waals surface area contributed by atoms with Crippen molar-refractivity contribution in [1.29, 1.82) is 0 Å². The van der Waals surface area contributed by atoms with E-state index in [9.17, 15) is 0 Å². The fourth-order valence-corrected chi connectivity index (χ4v) is 2.81. The first-order chi connectivity index (χ1) is 8.79. The lowest BCUT2D eigenvalue weighted by atomic mass is 10.2. The van der Waals surface area contributed by atoms with Gasteiger partial charge < -0.3 is 5.32 Å². The van der Waals surface area contributed by atoms with E-state index < -0.39 is 0 Å². The third-order valence-electron chi connectivity index (χ3n) is 2.87. The minimum absolute atomic E-state index is 0.713. The van der Waals surface area contributed by atoms with Crippen molar-refractivity contribution < 1.29 is 0 Å². The van der Waals surface area contributed by atoms with Crippen LogP contribution in [0.2, 0.25) is 5.02 Å². The second-order valence-corrected chi connectivity index (χ2v) is 6.13. The summed E-state index contributed by atoms with van der Waals surface area (Å²) in [4.78, 5) is 0. The fraction of sp³-hybridized carbons (Fsp3) is 0.385. The molecule has 0 aliphatic heterocycles. The number of aromatic nitrogens is 2. The van der Waals surface area contributed by atoms with Gasteiger partial charge in [-0.25, -0.2) is 0 Å². The van der Waals surface area contributed by atoms with Gasteiger partial charge in [0.1, 0.15) is 10.0 Å². The van der Waals surface area contributed by atoms with E-state index in [4.69, 9.17) is 11.6 Å². The van der Waals surface area contributed by atoms with Crippen molar-refractivity contribution in [1.82, 2.24) is 15.5 Å². The Bertz CT molecular complexity index is 537. The van der Waals surface area contributed by atoms with Crippen molar-refractivity contribution in [3.05, 3.63) is 44.9 Å². The first kappa shape index (κ1) is 12.1. The Morgan fingerprint density at radius 2 is 2.11 bits per heavy atom. The number of nitrogens with one attached hydrogen (secondary N) is 1. The summed E-state index contributed by atoms with van der Waals surface area (Å²) < 4.78 is 0. The zero-order valence-corrected chi connectivity index (χ0v) is 11.5. The lowest BCUT2D eigenvalue weighted by Gasteiger charge is -1.98. The number of benzene rings is 1. The summed E-state index contributed by atoms with van der Waals surface area (Å²) in [5.74, 6) is 0. The third kappa shape index (κ3) is 3.28. The number of nitrogens with zero attached hydrogens (tertiary/aromatic N) is 2. The number of hydrogen-bond acceptors (Lipinski definition) is 4. The zero-order chi connectivity index (χ0) is 12.4. The van der Waals surface area contributed by atoms with Gasteiger partial charge in [0.25, 0.3) is 0 Å². The van der Waals surface area contributed by atoms with Crippen molar-refractivity contribution in [3.8, 4) is 0 Å². The molecule has 1 saturated carbocycles.